The lowest BCUT2D eigenvalue weighted by atomic mass is 10.2. The molecule has 6 nitrogen and oxygen atoms in total. The summed E-state index contributed by atoms with van der Waals surface area (Å²) < 4.78 is 0. The number of nitrogens with zero attached hydrogens (tertiary/aromatic N) is 3. The van der Waals surface area contributed by atoms with Crippen LogP contribution in [0.1, 0.15) is 21.7 Å². The van der Waals surface area contributed by atoms with Crippen molar-refractivity contribution >= 4 is 23.2 Å². The van der Waals surface area contributed by atoms with Gasteiger partial charge in [-0.2, -0.15) is 0 Å². The Balaban J connectivity index is 1.26. The van der Waals surface area contributed by atoms with Crippen molar-refractivity contribution < 1.29 is 9.59 Å². The molecule has 0 spiro atoms. The highest BCUT2D eigenvalue weighted by molar-refractivity contribution is 7.12. The zero-order chi connectivity index (χ0) is 20.5. The number of nitrogens with one attached hydrogen (secondary N) is 1. The minimum absolute atomic E-state index is 0.0922. The van der Waals surface area contributed by atoms with E-state index in [1.165, 1.54) is 21.8 Å². The Kier molecular flexibility index (Phi) is 8.22. The predicted molar refractivity (Wildman–Crippen MR) is 117 cm³/mol. The number of likely N-dealkylation sites (N-methyl/N-ethyl adjacent to an activating group) is 1. The van der Waals surface area contributed by atoms with Crippen molar-refractivity contribution in [3.63, 3.8) is 0 Å². The lowest BCUT2D eigenvalue weighted by Crippen LogP contribution is -2.46. The summed E-state index contributed by atoms with van der Waals surface area (Å²) >= 11 is 1.39. The van der Waals surface area contributed by atoms with E-state index in [1.54, 1.807) is 13.1 Å². The summed E-state index contributed by atoms with van der Waals surface area (Å²) in [5.74, 6) is -0.214. The topological polar surface area (TPSA) is 55.9 Å². The molecule has 7 heteroatoms. The van der Waals surface area contributed by atoms with E-state index in [4.69, 9.17) is 0 Å². The number of rotatable bonds is 9. The molecule has 0 atom stereocenters. The number of amides is 2. The zero-order valence-electron chi connectivity index (χ0n) is 17.0. The number of carbonyl (C=O) groups excluding carboxylic acids is 2. The van der Waals surface area contributed by atoms with Crippen molar-refractivity contribution in [1.82, 2.24) is 20.0 Å². The van der Waals surface area contributed by atoms with Crippen molar-refractivity contribution in [2.24, 2.45) is 0 Å². The Hall–Kier alpha value is -2.22. The Morgan fingerprint density at radius 1 is 1.03 bits per heavy atom. The second kappa shape index (κ2) is 11.1. The third-order valence-electron chi connectivity index (χ3n) is 5.15. The number of hydrogen-bond acceptors (Lipinski definition) is 5. The molecule has 0 bridgehead atoms. The summed E-state index contributed by atoms with van der Waals surface area (Å²) in [6, 6.07) is 14.2. The largest absolute Gasteiger partial charge is 0.355 e. The van der Waals surface area contributed by atoms with Crippen LogP contribution in [0, 0.1) is 0 Å². The number of thiophene rings is 1. The quantitative estimate of drug-likeness (QED) is 0.639. The second-order valence-electron chi connectivity index (χ2n) is 7.45. The Labute approximate surface area is 177 Å². The molecular weight excluding hydrogens is 384 g/mol. The molecule has 1 aliphatic rings. The van der Waals surface area contributed by atoms with E-state index < -0.39 is 0 Å². The third kappa shape index (κ3) is 6.96. The van der Waals surface area contributed by atoms with Gasteiger partial charge in [-0.05, 0) is 30.0 Å². The van der Waals surface area contributed by atoms with E-state index in [1.807, 2.05) is 11.4 Å². The number of benzene rings is 1. The number of piperazine rings is 1. The zero-order valence-corrected chi connectivity index (χ0v) is 17.9. The molecule has 2 aromatic rings. The van der Waals surface area contributed by atoms with Crippen LogP contribution in [0.2, 0.25) is 0 Å². The van der Waals surface area contributed by atoms with Crippen LogP contribution in [0.3, 0.4) is 0 Å². The molecule has 1 aliphatic heterocycles. The van der Waals surface area contributed by atoms with Crippen molar-refractivity contribution in [1.29, 1.82) is 0 Å². The molecule has 1 N–H and O–H groups in total. The summed E-state index contributed by atoms with van der Waals surface area (Å²) in [6.45, 7) is 7.04. The van der Waals surface area contributed by atoms with Gasteiger partial charge in [-0.3, -0.25) is 14.5 Å². The SMILES string of the molecule is CN(CC(=O)NCCCN1CCN(Cc2ccccc2)CC1)C(=O)c1cccs1. The highest BCUT2D eigenvalue weighted by Crippen LogP contribution is 2.11. The van der Waals surface area contributed by atoms with E-state index >= 15 is 0 Å². The molecule has 0 radical (unpaired) electrons. The fourth-order valence-corrected chi connectivity index (χ4v) is 4.19. The lowest BCUT2D eigenvalue weighted by molar-refractivity contribution is -0.121. The first-order chi connectivity index (χ1) is 14.1. The average Bonchev–Trinajstić information content (AvgIpc) is 3.27. The van der Waals surface area contributed by atoms with E-state index in [0.29, 0.717) is 11.4 Å². The summed E-state index contributed by atoms with van der Waals surface area (Å²) in [7, 11) is 1.66. The van der Waals surface area contributed by atoms with Gasteiger partial charge in [0.1, 0.15) is 0 Å². The molecule has 0 aliphatic carbocycles. The van der Waals surface area contributed by atoms with Crippen LogP contribution in [0.25, 0.3) is 0 Å². The van der Waals surface area contributed by atoms with Gasteiger partial charge in [0, 0.05) is 46.3 Å². The van der Waals surface area contributed by atoms with E-state index in [-0.39, 0.29) is 18.4 Å². The summed E-state index contributed by atoms with van der Waals surface area (Å²) in [5, 5.41) is 4.79. The maximum atomic E-state index is 12.2. The molecule has 2 heterocycles. The molecule has 0 saturated carbocycles. The van der Waals surface area contributed by atoms with Gasteiger partial charge >= 0.3 is 0 Å². The molecule has 1 aromatic heterocycles. The maximum Gasteiger partial charge on any atom is 0.264 e. The van der Waals surface area contributed by atoms with Gasteiger partial charge in [0.05, 0.1) is 11.4 Å². The molecule has 0 unspecified atom stereocenters. The first-order valence-corrected chi connectivity index (χ1v) is 11.0. The van der Waals surface area contributed by atoms with Crippen molar-refractivity contribution in [3.8, 4) is 0 Å². The Morgan fingerprint density at radius 2 is 1.76 bits per heavy atom. The second-order valence-corrected chi connectivity index (χ2v) is 8.39. The van der Waals surface area contributed by atoms with E-state index in [2.05, 4.69) is 45.4 Å². The molecule has 1 fully saturated rings. The van der Waals surface area contributed by atoms with Crippen LogP contribution in [-0.4, -0.2) is 79.4 Å². The van der Waals surface area contributed by atoms with Crippen LogP contribution in [0.5, 0.6) is 0 Å². The molecule has 156 valence electrons. The average molecular weight is 415 g/mol. The van der Waals surface area contributed by atoms with Crippen LogP contribution < -0.4 is 5.32 Å². The summed E-state index contributed by atoms with van der Waals surface area (Å²) in [5.41, 5.74) is 1.37. The normalized spacial score (nSPS) is 15.2. The van der Waals surface area contributed by atoms with Gasteiger partial charge in [-0.1, -0.05) is 36.4 Å². The van der Waals surface area contributed by atoms with Crippen LogP contribution in [0.4, 0.5) is 0 Å². The van der Waals surface area contributed by atoms with Crippen LogP contribution >= 0.6 is 11.3 Å². The minimum Gasteiger partial charge on any atom is -0.355 e. The first-order valence-electron chi connectivity index (χ1n) is 10.2. The molecular formula is C22H30N4O2S. The monoisotopic (exact) mass is 414 g/mol. The third-order valence-corrected chi connectivity index (χ3v) is 6.00. The van der Waals surface area contributed by atoms with Crippen LogP contribution in [-0.2, 0) is 11.3 Å². The molecule has 3 rings (SSSR count). The Bertz CT molecular complexity index is 758. The fraction of sp³-hybridized carbons (Fsp3) is 0.455. The fourth-order valence-electron chi connectivity index (χ4n) is 3.47. The molecule has 1 saturated heterocycles. The van der Waals surface area contributed by atoms with Crippen molar-refractivity contribution in [2.45, 2.75) is 13.0 Å². The van der Waals surface area contributed by atoms with Gasteiger partial charge in [-0.15, -0.1) is 11.3 Å². The molecule has 29 heavy (non-hydrogen) atoms. The van der Waals surface area contributed by atoms with Gasteiger partial charge < -0.3 is 15.1 Å². The van der Waals surface area contributed by atoms with E-state index in [0.717, 1.165) is 45.7 Å². The van der Waals surface area contributed by atoms with Crippen molar-refractivity contribution in [2.75, 3.05) is 52.9 Å². The number of hydrogen-bond donors (Lipinski definition) is 1. The highest BCUT2D eigenvalue weighted by atomic mass is 32.1. The summed E-state index contributed by atoms with van der Waals surface area (Å²) in [6.07, 6.45) is 0.924. The van der Waals surface area contributed by atoms with Crippen LogP contribution in [0.15, 0.2) is 47.8 Å². The van der Waals surface area contributed by atoms with Gasteiger partial charge in [0.2, 0.25) is 5.91 Å². The molecule has 2 amide bonds. The predicted octanol–water partition coefficient (Wildman–Crippen LogP) is 2.14. The lowest BCUT2D eigenvalue weighted by Gasteiger charge is -2.34. The number of carbonyl (C=O) groups is 2. The molecule has 1 aromatic carbocycles. The maximum absolute atomic E-state index is 12.2. The van der Waals surface area contributed by atoms with Crippen molar-refractivity contribution in [3.05, 3.63) is 58.3 Å². The van der Waals surface area contributed by atoms with Gasteiger partial charge in [0.15, 0.2) is 0 Å². The smallest absolute Gasteiger partial charge is 0.264 e. The minimum atomic E-state index is -0.108. The van der Waals surface area contributed by atoms with Gasteiger partial charge in [-0.25, -0.2) is 0 Å². The standard InChI is InChI=1S/C22H30N4O2S/c1-24(22(28)20-9-5-16-29-20)18-21(27)23-10-6-11-25-12-14-26(15-13-25)17-19-7-3-2-4-8-19/h2-5,7-9,16H,6,10-15,17-18H2,1H3,(H,23,27). The highest BCUT2D eigenvalue weighted by Gasteiger charge is 2.17. The summed E-state index contributed by atoms with van der Waals surface area (Å²) in [4.78, 5) is 31.3. The van der Waals surface area contributed by atoms with E-state index in [9.17, 15) is 9.59 Å². The first kappa shape index (κ1) is 21.5. The van der Waals surface area contributed by atoms with Gasteiger partial charge in [0.25, 0.3) is 5.91 Å². The Morgan fingerprint density at radius 3 is 2.45 bits per heavy atom.